The highest BCUT2D eigenvalue weighted by molar-refractivity contribution is 5.92. The minimum absolute atomic E-state index is 0.00488. The van der Waals surface area contributed by atoms with Crippen molar-refractivity contribution >= 4 is 29.5 Å². The molecule has 0 N–H and O–H groups in total. The van der Waals surface area contributed by atoms with E-state index in [4.69, 9.17) is 42.6 Å². The maximum Gasteiger partial charge on any atom is 0.338 e. The fourth-order valence-electron chi connectivity index (χ4n) is 17.7. The maximum atomic E-state index is 14.5. The van der Waals surface area contributed by atoms with E-state index in [1.54, 1.807) is 60.7 Å². The molecule has 0 bridgehead atoms. The molecule has 7 fully saturated rings. The Kier molecular flexibility index (Phi) is 21.3. The monoisotopic (exact) mass is 1210 g/mol. The van der Waals surface area contributed by atoms with Crippen LogP contribution in [0.4, 0.5) is 0 Å². The van der Waals surface area contributed by atoms with E-state index in [1.165, 1.54) is 0 Å². The molecule has 14 heteroatoms. The summed E-state index contributed by atoms with van der Waals surface area (Å²) in [5.41, 5.74) is 1.09. The van der Waals surface area contributed by atoms with Crippen molar-refractivity contribution < 1.29 is 66.6 Å². The van der Waals surface area contributed by atoms with E-state index in [0.717, 1.165) is 51.4 Å². The van der Waals surface area contributed by atoms with Crippen LogP contribution in [-0.4, -0.2) is 104 Å². The number of carbonyl (C=O) groups is 5. The SMILES string of the molecule is CCC1O[C@@H](O[C@H]2C(COC(=O)c3ccccc3)O[C@@H](OC3CCC4(C)C(CCC5C4CCC4(C)C5CC(=O)C4[C@H](C)C(=O)CC[C@H](C)CO[C@@H]4OC(CC)[C@H](C)[C@H](OC(=O)c5ccccc5)C4OC(=O)c4ccccc4)C3)C(C)[C@H]2C)C(C)[C@@H](C)[C@H]1C. The van der Waals surface area contributed by atoms with Crippen molar-refractivity contribution in [1.29, 1.82) is 0 Å². The first kappa shape index (κ1) is 66.1. The number of Topliss-reactive ketones (excluding diaryl/α,β-unsaturated/α-hetero) is 2. The molecular weight excluding hydrogens is 1110 g/mol. The average molecular weight is 1220 g/mol. The van der Waals surface area contributed by atoms with E-state index in [2.05, 4.69) is 55.4 Å². The molecule has 10 rings (SSSR count). The first-order chi connectivity index (χ1) is 42.1. The van der Waals surface area contributed by atoms with E-state index < -0.39 is 61.0 Å². The Bertz CT molecular complexity index is 2830. The largest absolute Gasteiger partial charge is 0.459 e. The molecule has 4 saturated carbocycles. The van der Waals surface area contributed by atoms with Gasteiger partial charge in [0.15, 0.2) is 25.0 Å². The summed E-state index contributed by atoms with van der Waals surface area (Å²) < 4.78 is 59.2. The van der Waals surface area contributed by atoms with E-state index in [-0.39, 0.29) is 101 Å². The zero-order valence-corrected chi connectivity index (χ0v) is 54.6. The zero-order valence-electron chi connectivity index (χ0n) is 54.6. The van der Waals surface area contributed by atoms with Gasteiger partial charge in [0, 0.05) is 42.4 Å². The number of carbonyl (C=O) groups excluding carboxylic acids is 5. The lowest BCUT2D eigenvalue weighted by Crippen LogP contribution is -2.57. The molecule has 3 saturated heterocycles. The van der Waals surface area contributed by atoms with Crippen molar-refractivity contribution in [2.75, 3.05) is 13.2 Å². The van der Waals surface area contributed by atoms with Crippen LogP contribution in [0.2, 0.25) is 0 Å². The Labute approximate surface area is 524 Å². The lowest BCUT2D eigenvalue weighted by Gasteiger charge is -2.61. The Morgan fingerprint density at radius 1 is 0.568 bits per heavy atom. The molecule has 0 radical (unpaired) electrons. The summed E-state index contributed by atoms with van der Waals surface area (Å²) in [5, 5.41) is 0. The lowest BCUT2D eigenvalue weighted by atomic mass is 9.44. The second-order valence-corrected chi connectivity index (χ2v) is 28.8. The second-order valence-electron chi connectivity index (χ2n) is 28.8. The van der Waals surface area contributed by atoms with Gasteiger partial charge in [0.05, 0.1) is 47.7 Å². The number of rotatable bonds is 21. The van der Waals surface area contributed by atoms with Crippen LogP contribution >= 0.6 is 0 Å². The van der Waals surface area contributed by atoms with Crippen molar-refractivity contribution in [3.63, 3.8) is 0 Å². The summed E-state index contributed by atoms with van der Waals surface area (Å²) in [6.45, 7) is 26.4. The number of hydrogen-bond acceptors (Lipinski definition) is 14. The third-order valence-electron chi connectivity index (χ3n) is 23.7. The third kappa shape index (κ3) is 13.7. The van der Waals surface area contributed by atoms with Gasteiger partial charge < -0.3 is 42.6 Å². The molecule has 25 atom stereocenters. The number of ether oxygens (including phenoxy) is 9. The highest BCUT2D eigenvalue weighted by Gasteiger charge is 2.64. The topological polar surface area (TPSA) is 168 Å². The standard InChI is InChI=1S/C74H102O14/c1-13-60-44(5)43(4)46(7)71(83-60)88-64-45(6)47(8)70(85-62(64)41-80-67(77)50-24-18-15-19-25-50)82-54-34-36-73(11)53(38-54)31-32-55-56(73)35-37-74(12)57(55)39-59(76)63(74)48(9)58(75)33-30-42(3)40-81-72-66(87-69(79)52-28-22-17-23-29-52)65(49(10)61(14-2)84-72)86-68(78)51-26-20-16-21-27-51/h15-29,42-49,53-57,60-66,70-72H,13-14,30-41H2,1-12H3/t42-,43-,44+,45+,46?,47?,48+,49-,53?,54?,55?,56?,57?,60?,61?,62?,63?,64+,65-,66?,70+,71-,72+,73?,74?/m0/s1. The summed E-state index contributed by atoms with van der Waals surface area (Å²) in [6.07, 6.45) is 4.93. The van der Waals surface area contributed by atoms with Gasteiger partial charge in [-0.15, -0.1) is 0 Å². The lowest BCUT2D eigenvalue weighted by molar-refractivity contribution is -0.333. The molecule has 0 amide bonds. The summed E-state index contributed by atoms with van der Waals surface area (Å²) >= 11 is 0. The fraction of sp³-hybridized carbons (Fsp3) is 0.689. The molecule has 14 nitrogen and oxygen atoms in total. The molecule has 3 aromatic rings. The van der Waals surface area contributed by atoms with Gasteiger partial charge in [-0.05, 0) is 159 Å². The van der Waals surface area contributed by atoms with Gasteiger partial charge in [-0.3, -0.25) is 9.59 Å². The minimum Gasteiger partial charge on any atom is -0.459 e. The van der Waals surface area contributed by atoms with E-state index >= 15 is 0 Å². The van der Waals surface area contributed by atoms with Crippen LogP contribution in [0.3, 0.4) is 0 Å². The van der Waals surface area contributed by atoms with Gasteiger partial charge >= 0.3 is 17.9 Å². The van der Waals surface area contributed by atoms with Gasteiger partial charge in [0.25, 0.3) is 0 Å². The van der Waals surface area contributed by atoms with Crippen LogP contribution in [0, 0.1) is 87.8 Å². The van der Waals surface area contributed by atoms with Crippen molar-refractivity contribution in [3.05, 3.63) is 108 Å². The predicted octanol–water partition coefficient (Wildman–Crippen LogP) is 14.4. The third-order valence-corrected chi connectivity index (χ3v) is 23.7. The smallest absolute Gasteiger partial charge is 0.338 e. The minimum atomic E-state index is -1.06. The highest BCUT2D eigenvalue weighted by Crippen LogP contribution is 2.68. The molecule has 3 aliphatic heterocycles. The van der Waals surface area contributed by atoms with E-state index in [0.29, 0.717) is 72.0 Å². The van der Waals surface area contributed by atoms with Crippen molar-refractivity contribution in [2.24, 2.45) is 87.8 Å². The second kappa shape index (κ2) is 28.4. The number of ketones is 2. The molecule has 0 aromatic heterocycles. The molecule has 482 valence electrons. The Morgan fingerprint density at radius 2 is 1.11 bits per heavy atom. The van der Waals surface area contributed by atoms with E-state index in [1.807, 2.05) is 58.0 Å². The summed E-state index contributed by atoms with van der Waals surface area (Å²) in [4.78, 5) is 69.5. The Hall–Kier alpha value is -4.83. The van der Waals surface area contributed by atoms with Crippen LogP contribution in [-0.2, 0) is 52.2 Å². The first-order valence-corrected chi connectivity index (χ1v) is 33.8. The first-order valence-electron chi connectivity index (χ1n) is 33.8. The van der Waals surface area contributed by atoms with Gasteiger partial charge in [-0.25, -0.2) is 14.4 Å². The summed E-state index contributed by atoms with van der Waals surface area (Å²) in [7, 11) is 0. The highest BCUT2D eigenvalue weighted by atomic mass is 16.7. The number of fused-ring (bicyclic) bond motifs is 5. The molecule has 3 aromatic carbocycles. The van der Waals surface area contributed by atoms with Crippen LogP contribution in [0.15, 0.2) is 91.0 Å². The van der Waals surface area contributed by atoms with Gasteiger partial charge in [-0.2, -0.15) is 0 Å². The van der Waals surface area contributed by atoms with Crippen molar-refractivity contribution in [2.45, 2.75) is 222 Å². The number of esters is 3. The van der Waals surface area contributed by atoms with Gasteiger partial charge in [0.1, 0.15) is 30.4 Å². The number of benzene rings is 3. The zero-order chi connectivity index (χ0) is 62.8. The van der Waals surface area contributed by atoms with Crippen LogP contribution < -0.4 is 0 Å². The molecule has 14 unspecified atom stereocenters. The van der Waals surface area contributed by atoms with Crippen LogP contribution in [0.1, 0.15) is 191 Å². The number of hydrogen-bond donors (Lipinski definition) is 0. The maximum absolute atomic E-state index is 14.5. The van der Waals surface area contributed by atoms with Gasteiger partial charge in [-0.1, -0.05) is 138 Å². The molecule has 4 aliphatic carbocycles. The van der Waals surface area contributed by atoms with Gasteiger partial charge in [0.2, 0.25) is 0 Å². The summed E-state index contributed by atoms with van der Waals surface area (Å²) in [5.74, 6) is 0.377. The molecule has 7 aliphatic rings. The van der Waals surface area contributed by atoms with Crippen LogP contribution in [0.5, 0.6) is 0 Å². The van der Waals surface area contributed by atoms with Crippen molar-refractivity contribution in [1.82, 2.24) is 0 Å². The molecule has 0 spiro atoms. The molecule has 88 heavy (non-hydrogen) atoms. The van der Waals surface area contributed by atoms with Crippen molar-refractivity contribution in [3.8, 4) is 0 Å². The average Bonchev–Trinajstić information content (AvgIpc) is 1.45. The predicted molar refractivity (Wildman–Crippen MR) is 333 cm³/mol. The quantitative estimate of drug-likeness (QED) is 0.0561. The van der Waals surface area contributed by atoms with Crippen LogP contribution in [0.25, 0.3) is 0 Å². The molecular formula is C74H102O14. The molecule has 3 heterocycles. The normalized spacial score (nSPS) is 39.6. The Balaban J connectivity index is 0.745. The van der Waals surface area contributed by atoms with E-state index in [9.17, 15) is 24.0 Å². The fourth-order valence-corrected chi connectivity index (χ4v) is 17.7. The summed E-state index contributed by atoms with van der Waals surface area (Å²) in [6, 6.07) is 26.5. The Morgan fingerprint density at radius 3 is 1.74 bits per heavy atom.